The van der Waals surface area contributed by atoms with Gasteiger partial charge in [0.25, 0.3) is 0 Å². The highest BCUT2D eigenvalue weighted by molar-refractivity contribution is 7.10. The lowest BCUT2D eigenvalue weighted by Crippen LogP contribution is -2.51. The van der Waals surface area contributed by atoms with E-state index in [2.05, 4.69) is 23.3 Å². The van der Waals surface area contributed by atoms with Crippen molar-refractivity contribution >= 4 is 17.4 Å². The van der Waals surface area contributed by atoms with E-state index < -0.39 is 5.60 Å². The smallest absolute Gasteiger partial charge is 0.410 e. The van der Waals surface area contributed by atoms with Crippen molar-refractivity contribution in [1.29, 1.82) is 0 Å². The molecule has 0 saturated carbocycles. The fourth-order valence-corrected chi connectivity index (χ4v) is 3.77. The van der Waals surface area contributed by atoms with Crippen molar-refractivity contribution in [3.05, 3.63) is 21.9 Å². The average molecular weight is 325 g/mol. The molecule has 1 unspecified atom stereocenters. The van der Waals surface area contributed by atoms with Gasteiger partial charge in [-0.15, -0.1) is 11.3 Å². The van der Waals surface area contributed by atoms with Crippen LogP contribution in [0.3, 0.4) is 0 Å². The third-order valence-electron chi connectivity index (χ3n) is 3.83. The van der Waals surface area contributed by atoms with Crippen LogP contribution in [0, 0.1) is 6.92 Å². The predicted molar refractivity (Wildman–Crippen MR) is 90.2 cm³/mol. The van der Waals surface area contributed by atoms with E-state index in [0.717, 1.165) is 13.1 Å². The highest BCUT2D eigenvalue weighted by Crippen LogP contribution is 2.29. The lowest BCUT2D eigenvalue weighted by Gasteiger charge is -2.39. The number of carbonyl (C=O) groups is 1. The van der Waals surface area contributed by atoms with E-state index in [-0.39, 0.29) is 12.1 Å². The zero-order chi connectivity index (χ0) is 16.3. The molecule has 1 saturated heterocycles. The number of rotatable bonds is 3. The highest BCUT2D eigenvalue weighted by atomic mass is 32.1. The standard InChI is InChI=1S/C16H27N3O2S/c1-12-5-10-22-14(12)13(11-17)18-6-8-19(9-7-18)15(20)21-16(2,3)4/h5,10,13H,6-9,11,17H2,1-4H3. The Bertz CT molecular complexity index is 502. The van der Waals surface area contributed by atoms with Gasteiger partial charge in [0, 0.05) is 37.6 Å². The first kappa shape index (κ1) is 17.2. The molecule has 5 nitrogen and oxygen atoms in total. The van der Waals surface area contributed by atoms with Crippen molar-refractivity contribution in [3.63, 3.8) is 0 Å². The first-order valence-corrected chi connectivity index (χ1v) is 8.66. The van der Waals surface area contributed by atoms with E-state index in [1.807, 2.05) is 20.8 Å². The summed E-state index contributed by atoms with van der Waals surface area (Å²) in [6.45, 7) is 11.5. The zero-order valence-electron chi connectivity index (χ0n) is 14.0. The van der Waals surface area contributed by atoms with Gasteiger partial charge in [-0.3, -0.25) is 4.90 Å². The number of hydrogen-bond acceptors (Lipinski definition) is 5. The minimum Gasteiger partial charge on any atom is -0.444 e. The Morgan fingerprint density at radius 2 is 2.00 bits per heavy atom. The van der Waals surface area contributed by atoms with E-state index in [1.165, 1.54) is 10.4 Å². The molecular weight excluding hydrogens is 298 g/mol. The number of piperazine rings is 1. The van der Waals surface area contributed by atoms with Crippen LogP contribution in [0.2, 0.25) is 0 Å². The number of ether oxygens (including phenoxy) is 1. The van der Waals surface area contributed by atoms with E-state index in [4.69, 9.17) is 10.5 Å². The second-order valence-corrected chi connectivity index (χ2v) is 7.67. The molecule has 0 spiro atoms. The molecule has 1 aromatic rings. The Labute approximate surface area is 137 Å². The van der Waals surface area contributed by atoms with Crippen LogP contribution in [-0.4, -0.2) is 54.2 Å². The molecule has 6 heteroatoms. The largest absolute Gasteiger partial charge is 0.444 e. The van der Waals surface area contributed by atoms with Gasteiger partial charge in [0.05, 0.1) is 6.04 Å². The summed E-state index contributed by atoms with van der Waals surface area (Å²) in [5.74, 6) is 0. The molecule has 2 rings (SSSR count). The molecule has 2 heterocycles. The number of carbonyl (C=O) groups excluding carboxylic acids is 1. The monoisotopic (exact) mass is 325 g/mol. The molecule has 0 aliphatic carbocycles. The van der Waals surface area contributed by atoms with Gasteiger partial charge in [-0.05, 0) is 44.7 Å². The Morgan fingerprint density at radius 1 is 1.36 bits per heavy atom. The maximum absolute atomic E-state index is 12.1. The first-order chi connectivity index (χ1) is 10.3. The third-order valence-corrected chi connectivity index (χ3v) is 4.95. The van der Waals surface area contributed by atoms with Crippen LogP contribution in [0.5, 0.6) is 0 Å². The molecule has 1 aliphatic rings. The molecule has 2 N–H and O–H groups in total. The van der Waals surface area contributed by atoms with Crippen LogP contribution in [0.15, 0.2) is 11.4 Å². The van der Waals surface area contributed by atoms with Crippen molar-refractivity contribution in [3.8, 4) is 0 Å². The van der Waals surface area contributed by atoms with Crippen molar-refractivity contribution < 1.29 is 9.53 Å². The van der Waals surface area contributed by atoms with Crippen LogP contribution in [0.1, 0.15) is 37.3 Å². The average Bonchev–Trinajstić information content (AvgIpc) is 2.85. The number of aryl methyl sites for hydroxylation is 1. The second-order valence-electron chi connectivity index (χ2n) is 6.72. The van der Waals surface area contributed by atoms with Crippen LogP contribution in [0.25, 0.3) is 0 Å². The Morgan fingerprint density at radius 3 is 2.45 bits per heavy atom. The highest BCUT2D eigenvalue weighted by Gasteiger charge is 2.29. The molecule has 1 aromatic heterocycles. The molecular formula is C16H27N3O2S. The van der Waals surface area contributed by atoms with Crippen LogP contribution in [0.4, 0.5) is 4.79 Å². The molecule has 1 atom stereocenters. The van der Waals surface area contributed by atoms with E-state index in [9.17, 15) is 4.79 Å². The number of amides is 1. The van der Waals surface area contributed by atoms with E-state index in [1.54, 1.807) is 16.2 Å². The molecule has 1 amide bonds. The SMILES string of the molecule is Cc1ccsc1C(CN)N1CCN(C(=O)OC(C)(C)C)CC1. The minimum atomic E-state index is -0.442. The van der Waals surface area contributed by atoms with Crippen LogP contribution < -0.4 is 5.73 Å². The molecule has 0 bridgehead atoms. The van der Waals surface area contributed by atoms with Gasteiger partial charge < -0.3 is 15.4 Å². The molecule has 124 valence electrons. The van der Waals surface area contributed by atoms with Gasteiger partial charge in [0.2, 0.25) is 0 Å². The first-order valence-electron chi connectivity index (χ1n) is 7.78. The summed E-state index contributed by atoms with van der Waals surface area (Å²) in [5, 5.41) is 2.12. The summed E-state index contributed by atoms with van der Waals surface area (Å²) in [7, 11) is 0. The van der Waals surface area contributed by atoms with Gasteiger partial charge in [0.1, 0.15) is 5.60 Å². The minimum absolute atomic E-state index is 0.219. The van der Waals surface area contributed by atoms with Crippen molar-refractivity contribution in [1.82, 2.24) is 9.80 Å². The van der Waals surface area contributed by atoms with Gasteiger partial charge in [-0.1, -0.05) is 0 Å². The molecule has 1 aliphatic heterocycles. The maximum atomic E-state index is 12.1. The predicted octanol–water partition coefficient (Wildman–Crippen LogP) is 2.61. The summed E-state index contributed by atoms with van der Waals surface area (Å²) < 4.78 is 5.44. The Hall–Kier alpha value is -1.11. The van der Waals surface area contributed by atoms with Gasteiger partial charge in [-0.2, -0.15) is 0 Å². The topological polar surface area (TPSA) is 58.8 Å². The quantitative estimate of drug-likeness (QED) is 0.928. The van der Waals surface area contributed by atoms with Crippen molar-refractivity contribution in [2.45, 2.75) is 39.3 Å². The zero-order valence-corrected chi connectivity index (χ0v) is 14.8. The maximum Gasteiger partial charge on any atom is 0.410 e. The summed E-state index contributed by atoms with van der Waals surface area (Å²) in [6, 6.07) is 2.39. The molecule has 22 heavy (non-hydrogen) atoms. The summed E-state index contributed by atoms with van der Waals surface area (Å²) in [5.41, 5.74) is 6.86. The summed E-state index contributed by atoms with van der Waals surface area (Å²) in [4.78, 5) is 17.6. The lowest BCUT2D eigenvalue weighted by atomic mass is 10.1. The van der Waals surface area contributed by atoms with E-state index >= 15 is 0 Å². The summed E-state index contributed by atoms with van der Waals surface area (Å²) in [6.07, 6.45) is -0.219. The van der Waals surface area contributed by atoms with Gasteiger partial charge in [-0.25, -0.2) is 4.79 Å². The molecule has 0 aromatic carbocycles. The number of hydrogen-bond donors (Lipinski definition) is 1. The molecule has 0 radical (unpaired) electrons. The van der Waals surface area contributed by atoms with Crippen LogP contribution in [-0.2, 0) is 4.74 Å². The van der Waals surface area contributed by atoms with E-state index in [0.29, 0.717) is 19.6 Å². The third kappa shape index (κ3) is 4.21. The fourth-order valence-electron chi connectivity index (χ4n) is 2.69. The fraction of sp³-hybridized carbons (Fsp3) is 0.688. The van der Waals surface area contributed by atoms with Crippen molar-refractivity contribution in [2.24, 2.45) is 5.73 Å². The lowest BCUT2D eigenvalue weighted by molar-refractivity contribution is 0.0107. The van der Waals surface area contributed by atoms with Gasteiger partial charge >= 0.3 is 6.09 Å². The summed E-state index contributed by atoms with van der Waals surface area (Å²) >= 11 is 1.76. The number of nitrogens with two attached hydrogens (primary N) is 1. The number of nitrogens with zero attached hydrogens (tertiary/aromatic N) is 2. The Kier molecular flexibility index (Phi) is 5.47. The van der Waals surface area contributed by atoms with Gasteiger partial charge in [0.15, 0.2) is 0 Å². The van der Waals surface area contributed by atoms with Crippen molar-refractivity contribution in [2.75, 3.05) is 32.7 Å². The number of thiophene rings is 1. The van der Waals surface area contributed by atoms with Crippen LogP contribution >= 0.6 is 11.3 Å². The molecule has 1 fully saturated rings. The Balaban J connectivity index is 1.94. The second kappa shape index (κ2) is 6.98. The normalized spacial score (nSPS) is 18.3.